The number of hydrogen-bond donors (Lipinski definition) is 2. The Bertz CT molecular complexity index is 553. The molecule has 0 bridgehead atoms. The van der Waals surface area contributed by atoms with E-state index in [0.29, 0.717) is 0 Å². The maximum atomic E-state index is 12.2. The molecule has 0 spiro atoms. The van der Waals surface area contributed by atoms with Crippen LogP contribution in [0.4, 0.5) is 18.9 Å². The predicted molar refractivity (Wildman–Crippen MR) is 64.7 cm³/mol. The molecule has 0 heterocycles. The second-order valence-electron chi connectivity index (χ2n) is 3.95. The Morgan fingerprint density at radius 2 is 2.00 bits per heavy atom. The third kappa shape index (κ3) is 4.71. The fraction of sp³-hybridized carbons (Fsp3) is 0.250. The molecule has 1 aromatic rings. The lowest BCUT2D eigenvalue weighted by Crippen LogP contribution is -2.28. The van der Waals surface area contributed by atoms with E-state index in [1.807, 2.05) is 0 Å². The summed E-state index contributed by atoms with van der Waals surface area (Å²) in [6.07, 6.45) is -5.50. The third-order valence-electron chi connectivity index (χ3n) is 2.24. The average Bonchev–Trinajstić information content (AvgIpc) is 2.27. The lowest BCUT2D eigenvalue weighted by atomic mass is 10.1. The Hall–Kier alpha value is -2.38. The Morgan fingerprint density at radius 1 is 1.35 bits per heavy atom. The minimum atomic E-state index is -4.36. The number of halogens is 3. The van der Waals surface area contributed by atoms with E-state index in [1.165, 1.54) is 18.2 Å². The highest BCUT2D eigenvalue weighted by atomic mass is 19.4. The van der Waals surface area contributed by atoms with Gasteiger partial charge in [0, 0.05) is 12.6 Å². The van der Waals surface area contributed by atoms with Gasteiger partial charge in [0.25, 0.3) is 5.91 Å². The molecule has 0 saturated carbocycles. The molecule has 0 aliphatic carbocycles. The average molecular weight is 288 g/mol. The van der Waals surface area contributed by atoms with E-state index in [1.54, 1.807) is 0 Å². The van der Waals surface area contributed by atoms with E-state index in [9.17, 15) is 22.8 Å². The first-order valence-electron chi connectivity index (χ1n) is 5.43. The number of hydrogen-bond acceptors (Lipinski definition) is 4. The van der Waals surface area contributed by atoms with Crippen molar-refractivity contribution in [3.8, 4) is 0 Å². The summed E-state index contributed by atoms with van der Waals surface area (Å²) >= 11 is 0. The molecule has 0 fully saturated rings. The zero-order valence-corrected chi connectivity index (χ0v) is 10.4. The van der Waals surface area contributed by atoms with Crippen molar-refractivity contribution < 1.29 is 28.0 Å². The van der Waals surface area contributed by atoms with Crippen LogP contribution < -0.4 is 5.32 Å². The molecule has 108 valence electrons. The fourth-order valence-corrected chi connectivity index (χ4v) is 1.46. The molecule has 0 saturated heterocycles. The molecule has 5 nitrogen and oxygen atoms in total. The quantitative estimate of drug-likeness (QED) is 0.385. The molecule has 0 aromatic heterocycles. The van der Waals surface area contributed by atoms with Gasteiger partial charge in [-0.25, -0.2) is 0 Å². The SMILES string of the molecule is CC(=O)/C(=N\O)C(=O)Nc1cccc(CC(F)(F)F)c1. The zero-order valence-electron chi connectivity index (χ0n) is 10.4. The van der Waals surface area contributed by atoms with Crippen molar-refractivity contribution in [2.24, 2.45) is 5.16 Å². The monoisotopic (exact) mass is 288 g/mol. The van der Waals surface area contributed by atoms with Crippen LogP contribution in [-0.4, -0.2) is 28.8 Å². The number of amides is 1. The van der Waals surface area contributed by atoms with Crippen molar-refractivity contribution in [2.75, 3.05) is 5.32 Å². The van der Waals surface area contributed by atoms with Crippen LogP contribution in [0.2, 0.25) is 0 Å². The smallest absolute Gasteiger partial charge is 0.393 e. The van der Waals surface area contributed by atoms with Crippen molar-refractivity contribution in [1.82, 2.24) is 0 Å². The maximum Gasteiger partial charge on any atom is 0.393 e. The summed E-state index contributed by atoms with van der Waals surface area (Å²) in [5.41, 5.74) is -0.703. The van der Waals surface area contributed by atoms with Crippen LogP contribution in [0.15, 0.2) is 29.4 Å². The number of nitrogens with one attached hydrogen (secondary N) is 1. The first-order valence-corrected chi connectivity index (χ1v) is 5.43. The number of nitrogens with zero attached hydrogens (tertiary/aromatic N) is 1. The van der Waals surface area contributed by atoms with E-state index in [-0.39, 0.29) is 11.3 Å². The van der Waals surface area contributed by atoms with Crippen LogP contribution in [-0.2, 0) is 16.0 Å². The third-order valence-corrected chi connectivity index (χ3v) is 2.24. The van der Waals surface area contributed by atoms with Crippen molar-refractivity contribution >= 4 is 23.1 Å². The molecule has 0 unspecified atom stereocenters. The molecule has 8 heteroatoms. The second kappa shape index (κ2) is 6.18. The summed E-state index contributed by atoms with van der Waals surface area (Å²) in [5.74, 6) is -1.76. The summed E-state index contributed by atoms with van der Waals surface area (Å²) < 4.78 is 36.7. The molecule has 1 rings (SSSR count). The number of carbonyl (C=O) groups excluding carboxylic acids is 2. The van der Waals surface area contributed by atoms with Gasteiger partial charge in [0.2, 0.25) is 5.71 Å². The van der Waals surface area contributed by atoms with Crippen molar-refractivity contribution in [3.05, 3.63) is 29.8 Å². The summed E-state index contributed by atoms with van der Waals surface area (Å²) in [6, 6.07) is 5.07. The van der Waals surface area contributed by atoms with Gasteiger partial charge in [0.15, 0.2) is 5.78 Å². The maximum absolute atomic E-state index is 12.2. The van der Waals surface area contributed by atoms with E-state index >= 15 is 0 Å². The van der Waals surface area contributed by atoms with E-state index in [2.05, 4.69) is 10.5 Å². The van der Waals surface area contributed by atoms with Gasteiger partial charge < -0.3 is 10.5 Å². The predicted octanol–water partition coefficient (Wildman–Crippen LogP) is 2.15. The van der Waals surface area contributed by atoms with Crippen molar-refractivity contribution in [1.29, 1.82) is 0 Å². The molecule has 1 aromatic carbocycles. The summed E-state index contributed by atoms with van der Waals surface area (Å²) in [6.45, 7) is 1.02. The Labute approximate surface area is 112 Å². The van der Waals surface area contributed by atoms with Gasteiger partial charge in [-0.3, -0.25) is 9.59 Å². The highest BCUT2D eigenvalue weighted by Gasteiger charge is 2.27. The lowest BCUT2D eigenvalue weighted by Gasteiger charge is -2.09. The molecule has 1 amide bonds. The standard InChI is InChI=1S/C12H11F3N2O3/c1-7(18)10(17-20)11(19)16-9-4-2-3-8(5-9)6-12(13,14)15/h2-5,20H,6H2,1H3,(H,16,19)/b17-10+. The molecular weight excluding hydrogens is 277 g/mol. The molecular formula is C12H11F3N2O3. The number of alkyl halides is 3. The van der Waals surface area contributed by atoms with Gasteiger partial charge >= 0.3 is 6.18 Å². The number of benzene rings is 1. The Balaban J connectivity index is 2.86. The number of Topliss-reactive ketones (excluding diaryl/α,β-unsaturated/α-hetero) is 1. The van der Waals surface area contributed by atoms with Crippen molar-refractivity contribution in [3.63, 3.8) is 0 Å². The number of rotatable bonds is 4. The van der Waals surface area contributed by atoms with E-state index in [4.69, 9.17) is 5.21 Å². The molecule has 0 radical (unpaired) electrons. The van der Waals surface area contributed by atoms with Crippen LogP contribution in [0.3, 0.4) is 0 Å². The molecule has 0 aliphatic rings. The lowest BCUT2D eigenvalue weighted by molar-refractivity contribution is -0.127. The van der Waals surface area contributed by atoms with Crippen LogP contribution >= 0.6 is 0 Å². The molecule has 0 atom stereocenters. The normalized spacial score (nSPS) is 12.1. The van der Waals surface area contributed by atoms with Crippen LogP contribution in [0.5, 0.6) is 0 Å². The fourth-order valence-electron chi connectivity index (χ4n) is 1.46. The van der Waals surface area contributed by atoms with Gasteiger partial charge in [0.05, 0.1) is 6.42 Å². The van der Waals surface area contributed by atoms with Crippen molar-refractivity contribution in [2.45, 2.75) is 19.5 Å². The molecule has 20 heavy (non-hydrogen) atoms. The highest BCUT2D eigenvalue weighted by Crippen LogP contribution is 2.22. The minimum absolute atomic E-state index is 0.0411. The number of ketones is 1. The Kier molecular flexibility index (Phi) is 4.84. The molecule has 2 N–H and O–H groups in total. The number of carbonyl (C=O) groups is 2. The van der Waals surface area contributed by atoms with Crippen LogP contribution in [0.25, 0.3) is 0 Å². The summed E-state index contributed by atoms with van der Waals surface area (Å²) in [4.78, 5) is 22.5. The highest BCUT2D eigenvalue weighted by molar-refractivity contribution is 6.67. The first-order chi connectivity index (χ1) is 9.23. The van der Waals surface area contributed by atoms with Gasteiger partial charge in [-0.1, -0.05) is 17.3 Å². The summed E-state index contributed by atoms with van der Waals surface area (Å²) in [7, 11) is 0. The van der Waals surface area contributed by atoms with Gasteiger partial charge in [-0.15, -0.1) is 0 Å². The summed E-state index contributed by atoms with van der Waals surface area (Å²) in [5, 5.41) is 13.2. The van der Waals surface area contributed by atoms with E-state index in [0.717, 1.165) is 13.0 Å². The van der Waals surface area contributed by atoms with Crippen LogP contribution in [0.1, 0.15) is 12.5 Å². The Morgan fingerprint density at radius 3 is 2.50 bits per heavy atom. The van der Waals surface area contributed by atoms with Crippen LogP contribution in [0, 0.1) is 0 Å². The largest absolute Gasteiger partial charge is 0.410 e. The van der Waals surface area contributed by atoms with Gasteiger partial charge in [-0.05, 0) is 17.7 Å². The first kappa shape index (κ1) is 15.7. The second-order valence-corrected chi connectivity index (χ2v) is 3.95. The zero-order chi connectivity index (χ0) is 15.3. The minimum Gasteiger partial charge on any atom is -0.410 e. The van der Waals surface area contributed by atoms with Gasteiger partial charge in [0.1, 0.15) is 0 Å². The van der Waals surface area contributed by atoms with Gasteiger partial charge in [-0.2, -0.15) is 13.2 Å². The van der Waals surface area contributed by atoms with E-state index < -0.39 is 30.0 Å². The number of oxime groups is 1. The molecule has 0 aliphatic heterocycles. The number of anilines is 1. The topological polar surface area (TPSA) is 78.8 Å².